The number of rotatable bonds is 39. The van der Waals surface area contributed by atoms with Crippen LogP contribution in [0.1, 0.15) is 77.6 Å². The van der Waals surface area contributed by atoms with Crippen LogP contribution in [0.2, 0.25) is 0 Å². The van der Waals surface area contributed by atoms with Gasteiger partial charge in [0.15, 0.2) is 5.96 Å². The number of nitrogens with two attached hydrogens (primary N) is 6. The molecule has 0 heterocycles. The first-order chi connectivity index (χ1) is 35.6. The van der Waals surface area contributed by atoms with Gasteiger partial charge in [0.2, 0.25) is 65.0 Å². The summed E-state index contributed by atoms with van der Waals surface area (Å²) >= 11 is 0. The highest BCUT2D eigenvalue weighted by molar-refractivity contribution is 5.98. The normalized spacial score (nSPS) is 14.3. The fraction of sp³-hybridized carbons (Fsp3) is 0.634. The molecular weight excluding hydrogens is 1020 g/mol. The van der Waals surface area contributed by atoms with E-state index in [2.05, 4.69) is 42.2 Å². The Hall–Kier alpha value is -8.31. The van der Waals surface area contributed by atoms with Crippen molar-refractivity contribution in [3.8, 4) is 0 Å². The molecule has 0 aromatic carbocycles. The summed E-state index contributed by atoms with van der Waals surface area (Å²) in [6.07, 6.45) is -3.80. The number of aliphatic hydroxyl groups excluding tert-OH is 2. The number of carboxylic acids is 3. The van der Waals surface area contributed by atoms with Gasteiger partial charge in [0.05, 0.1) is 38.6 Å². The van der Waals surface area contributed by atoms with Crippen molar-refractivity contribution in [1.29, 1.82) is 0 Å². The number of nitrogens with zero attached hydrogens (tertiary/aromatic N) is 1. The lowest BCUT2D eigenvalue weighted by molar-refractivity contribution is -0.147. The second-order valence-corrected chi connectivity index (χ2v) is 16.7. The second-order valence-electron chi connectivity index (χ2n) is 16.7. The van der Waals surface area contributed by atoms with Crippen LogP contribution in [0.4, 0.5) is 0 Å². The van der Waals surface area contributed by atoms with Crippen LogP contribution >= 0.6 is 0 Å². The molecule has 0 aromatic heterocycles. The van der Waals surface area contributed by atoms with E-state index in [1.807, 2.05) is 10.6 Å². The molecule has 35 nitrogen and oxygen atoms in total. The average Bonchev–Trinajstić information content (AvgIpc) is 3.33. The predicted octanol–water partition coefficient (Wildman–Crippen LogP) is -10.9. The maximum absolute atomic E-state index is 13.8. The van der Waals surface area contributed by atoms with Gasteiger partial charge in [-0.15, -0.1) is 0 Å². The highest BCUT2D eigenvalue weighted by Crippen LogP contribution is 2.08. The molecule has 0 aliphatic carbocycles. The van der Waals surface area contributed by atoms with Crippen LogP contribution in [-0.2, 0) is 67.1 Å². The van der Waals surface area contributed by atoms with E-state index in [9.17, 15) is 82.4 Å². The Balaban J connectivity index is 6.39. The first kappa shape index (κ1) is 67.7. The fourth-order valence-electron chi connectivity index (χ4n) is 6.27. The predicted molar refractivity (Wildman–Crippen MR) is 258 cm³/mol. The van der Waals surface area contributed by atoms with Gasteiger partial charge in [0, 0.05) is 19.4 Å². The molecule has 0 aliphatic rings. The Morgan fingerprint density at radius 3 is 1.32 bits per heavy atom. The topological polar surface area (TPSA) is 617 Å². The van der Waals surface area contributed by atoms with E-state index < -0.39 is 196 Å². The summed E-state index contributed by atoms with van der Waals surface area (Å²) in [4.78, 5) is 179. The van der Waals surface area contributed by atoms with Crippen LogP contribution in [0.3, 0.4) is 0 Å². The monoisotopic (exact) mass is 1090 g/mol. The van der Waals surface area contributed by atoms with Crippen LogP contribution in [0, 0.1) is 0 Å². The van der Waals surface area contributed by atoms with Gasteiger partial charge in [-0.25, -0.2) is 4.79 Å². The van der Waals surface area contributed by atoms with Gasteiger partial charge in [0.25, 0.3) is 0 Å². The molecule has 0 spiro atoms. The number of aliphatic imine (C=N–C) groups is 1. The van der Waals surface area contributed by atoms with E-state index in [1.54, 1.807) is 0 Å². The van der Waals surface area contributed by atoms with E-state index in [0.29, 0.717) is 6.42 Å². The third-order valence-corrected chi connectivity index (χ3v) is 10.3. The molecule has 0 aromatic rings. The van der Waals surface area contributed by atoms with Crippen molar-refractivity contribution in [1.82, 2.24) is 47.9 Å². The van der Waals surface area contributed by atoms with Crippen molar-refractivity contribution in [2.45, 2.75) is 132 Å². The number of hydrogen-bond acceptors (Lipinski definition) is 19. The number of carboxylic acid groups (broad SMARTS) is 3. The van der Waals surface area contributed by atoms with Gasteiger partial charge >= 0.3 is 17.9 Å². The lowest BCUT2D eigenvalue weighted by Gasteiger charge is -2.27. The number of hydrogen-bond donors (Lipinski definition) is 20. The average molecular weight is 1090 g/mol. The molecule has 76 heavy (non-hydrogen) atoms. The highest BCUT2D eigenvalue weighted by atomic mass is 16.4. The van der Waals surface area contributed by atoms with Crippen molar-refractivity contribution >= 4 is 88.8 Å². The van der Waals surface area contributed by atoms with Crippen molar-refractivity contribution in [3.63, 3.8) is 0 Å². The highest BCUT2D eigenvalue weighted by Gasteiger charge is 2.34. The zero-order valence-corrected chi connectivity index (χ0v) is 41.4. The summed E-state index contributed by atoms with van der Waals surface area (Å²) in [5.41, 5.74) is 32.3. The number of aliphatic hydroxyl groups is 2. The molecule has 0 aliphatic heterocycles. The third kappa shape index (κ3) is 28.2. The number of primary amides is 2. The number of nitrogens with one attached hydrogen (secondary N) is 9. The molecule has 428 valence electrons. The lowest BCUT2D eigenvalue weighted by Crippen LogP contribution is -2.60. The number of unbranched alkanes of at least 4 members (excludes halogenated alkanes) is 1. The quantitative estimate of drug-likeness (QED) is 0.0154. The van der Waals surface area contributed by atoms with Gasteiger partial charge in [-0.2, -0.15) is 0 Å². The van der Waals surface area contributed by atoms with Crippen LogP contribution in [0.25, 0.3) is 0 Å². The van der Waals surface area contributed by atoms with Crippen molar-refractivity contribution in [2.75, 3.05) is 32.8 Å². The van der Waals surface area contributed by atoms with Crippen LogP contribution < -0.4 is 82.3 Å². The van der Waals surface area contributed by atoms with E-state index >= 15 is 0 Å². The Morgan fingerprint density at radius 2 is 0.882 bits per heavy atom. The lowest BCUT2D eigenvalue weighted by atomic mass is 10.0. The van der Waals surface area contributed by atoms with E-state index in [0.717, 1.165) is 6.92 Å². The second kappa shape index (κ2) is 35.8. The van der Waals surface area contributed by atoms with Gasteiger partial charge in [-0.05, 0) is 58.4 Å². The smallest absolute Gasteiger partial charge is 0.326 e. The largest absolute Gasteiger partial charge is 0.481 e. The van der Waals surface area contributed by atoms with Crippen molar-refractivity contribution in [2.24, 2.45) is 39.4 Å². The minimum Gasteiger partial charge on any atom is -0.481 e. The van der Waals surface area contributed by atoms with Gasteiger partial charge in [-0.3, -0.25) is 67.3 Å². The van der Waals surface area contributed by atoms with Crippen LogP contribution in [-0.4, -0.2) is 202 Å². The number of guanidine groups is 1. The van der Waals surface area contributed by atoms with Crippen LogP contribution in [0.15, 0.2) is 4.99 Å². The molecule has 0 radical (unpaired) electrons. The molecular formula is C41H70N16O19. The van der Waals surface area contributed by atoms with Gasteiger partial charge in [-0.1, -0.05) is 0 Å². The maximum Gasteiger partial charge on any atom is 0.326 e. The van der Waals surface area contributed by atoms with E-state index in [1.165, 1.54) is 0 Å². The maximum atomic E-state index is 13.8. The molecule has 9 atom stereocenters. The molecule has 0 fully saturated rings. The van der Waals surface area contributed by atoms with E-state index in [4.69, 9.17) is 44.6 Å². The zero-order chi connectivity index (χ0) is 58.2. The molecule has 26 N–H and O–H groups in total. The van der Waals surface area contributed by atoms with Crippen molar-refractivity contribution < 1.29 is 92.7 Å². The summed E-state index contributed by atoms with van der Waals surface area (Å²) in [5.74, 6) is -17.0. The standard InChI is InChI=1S/C41H70N16O19/c1-18(50-35(70)22(7-9-27(44)60)55-38(73)25(16-58)56-33(68)19(43)13-30(63)64)32(67)52-23(8-10-28(45)61)37(72)54-21(5-2-3-11-42)36(71)57-26(17-59)39(74)53-20(6-4-12-48-41(46)47)34(69)49-15-29(62)51-24(40(75)76)14-31(65)66/h18-26,58-59H,2-17,42-43H2,1H3,(H2,44,60)(H2,45,61)(H,49,69)(H,50,70)(H,51,62)(H,52,67)(H,53,74)(H,54,72)(H,55,73)(H,56,68)(H,57,71)(H,63,64)(H,65,66)(H,75,76)(H4,46,47,48)/t18-,19-,20-,21-,22-,23-,24-,25-,26-/m0/s1. The number of amides is 11. The van der Waals surface area contributed by atoms with E-state index in [-0.39, 0.29) is 44.7 Å². The number of aliphatic carboxylic acids is 3. The molecule has 0 saturated heterocycles. The fourth-order valence-corrected chi connectivity index (χ4v) is 6.27. The first-order valence-electron chi connectivity index (χ1n) is 23.2. The van der Waals surface area contributed by atoms with Gasteiger partial charge in [0.1, 0.15) is 48.3 Å². The minimum absolute atomic E-state index is 0.0197. The molecule has 0 bridgehead atoms. The number of carbonyl (C=O) groups is 14. The minimum atomic E-state index is -1.86. The summed E-state index contributed by atoms with van der Waals surface area (Å²) in [5, 5.41) is 66.7. The molecule has 0 unspecified atom stereocenters. The summed E-state index contributed by atoms with van der Waals surface area (Å²) in [6.45, 7) is -1.91. The molecule has 0 saturated carbocycles. The molecule has 35 heteroatoms. The summed E-state index contributed by atoms with van der Waals surface area (Å²) in [6, 6.07) is -15.2. The third-order valence-electron chi connectivity index (χ3n) is 10.3. The first-order valence-corrected chi connectivity index (χ1v) is 23.2. The zero-order valence-electron chi connectivity index (χ0n) is 41.4. The van der Waals surface area contributed by atoms with Crippen molar-refractivity contribution in [3.05, 3.63) is 0 Å². The Labute approximate surface area is 432 Å². The SMILES string of the molecule is C[C@H](NC(=O)[C@H](CCC(N)=O)NC(=O)[C@H](CO)NC(=O)[C@@H](N)CC(=O)O)C(=O)N[C@@H](CCC(N)=O)C(=O)N[C@@H](CCCCN)C(=O)N[C@@H](CO)C(=O)N[C@@H](CCCN=C(N)N)C(=O)NCC(=O)N[C@@H](CC(=O)O)C(=O)O. The molecule has 0 rings (SSSR count). The Bertz CT molecular complexity index is 2110. The number of carbonyl (C=O) groups excluding carboxylic acids is 11. The Morgan fingerprint density at radius 1 is 0.474 bits per heavy atom. The summed E-state index contributed by atoms with van der Waals surface area (Å²) < 4.78 is 0. The Kier molecular flexibility index (Phi) is 31.9. The molecule has 11 amide bonds. The van der Waals surface area contributed by atoms with Gasteiger partial charge < -0.3 is 108 Å². The van der Waals surface area contributed by atoms with Crippen LogP contribution in [0.5, 0.6) is 0 Å². The summed E-state index contributed by atoms with van der Waals surface area (Å²) in [7, 11) is 0.